The van der Waals surface area contributed by atoms with E-state index in [0.29, 0.717) is 18.7 Å². The van der Waals surface area contributed by atoms with Gasteiger partial charge in [0.2, 0.25) is 0 Å². The van der Waals surface area contributed by atoms with Gasteiger partial charge in [-0.2, -0.15) is 5.26 Å². The number of benzene rings is 1. The van der Waals surface area contributed by atoms with Crippen LogP contribution in [-0.4, -0.2) is 30.4 Å². The second-order valence-electron chi connectivity index (χ2n) is 4.79. The summed E-state index contributed by atoms with van der Waals surface area (Å²) >= 11 is 1.54. The fourth-order valence-electron chi connectivity index (χ4n) is 2.55. The Balaban J connectivity index is 2.34. The largest absolute Gasteiger partial charge is 0.481 e. The van der Waals surface area contributed by atoms with E-state index < -0.39 is 5.97 Å². The highest BCUT2D eigenvalue weighted by Crippen LogP contribution is 2.34. The van der Waals surface area contributed by atoms with Crippen LogP contribution in [0.4, 0.5) is 5.69 Å². The van der Waals surface area contributed by atoms with Crippen molar-refractivity contribution in [2.24, 2.45) is 11.8 Å². The SMILES string of the molecule is CSc1cccc(N2CC(C)C(C(=O)O)C2)c1C#N. The summed E-state index contributed by atoms with van der Waals surface area (Å²) in [5, 5.41) is 18.5. The van der Waals surface area contributed by atoms with E-state index in [1.165, 1.54) is 11.8 Å². The van der Waals surface area contributed by atoms with Crippen LogP contribution in [0.3, 0.4) is 0 Å². The molecule has 19 heavy (non-hydrogen) atoms. The predicted molar refractivity (Wildman–Crippen MR) is 75.4 cm³/mol. The lowest BCUT2D eigenvalue weighted by molar-refractivity contribution is -0.142. The summed E-state index contributed by atoms with van der Waals surface area (Å²) in [5.41, 5.74) is 1.50. The van der Waals surface area contributed by atoms with E-state index in [2.05, 4.69) is 6.07 Å². The summed E-state index contributed by atoms with van der Waals surface area (Å²) in [6.07, 6.45) is 1.94. The van der Waals surface area contributed by atoms with Gasteiger partial charge in [-0.05, 0) is 24.3 Å². The maximum Gasteiger partial charge on any atom is 0.308 e. The van der Waals surface area contributed by atoms with Crippen LogP contribution in [0, 0.1) is 23.2 Å². The van der Waals surface area contributed by atoms with E-state index in [1.54, 1.807) is 0 Å². The first-order valence-corrected chi connectivity index (χ1v) is 7.35. The molecule has 0 aromatic heterocycles. The van der Waals surface area contributed by atoms with Crippen LogP contribution < -0.4 is 4.90 Å². The van der Waals surface area contributed by atoms with Crippen LogP contribution in [0.25, 0.3) is 0 Å². The summed E-state index contributed by atoms with van der Waals surface area (Å²) in [6, 6.07) is 7.97. The number of hydrogen-bond acceptors (Lipinski definition) is 4. The molecule has 2 atom stereocenters. The molecule has 0 bridgehead atoms. The van der Waals surface area contributed by atoms with Gasteiger partial charge in [-0.3, -0.25) is 4.79 Å². The highest BCUT2D eigenvalue weighted by atomic mass is 32.2. The number of carboxylic acids is 1. The number of rotatable bonds is 3. The topological polar surface area (TPSA) is 64.3 Å². The molecule has 1 aromatic rings. The molecule has 1 fully saturated rings. The molecular formula is C14H16N2O2S. The Morgan fingerprint density at radius 2 is 2.26 bits per heavy atom. The number of anilines is 1. The van der Waals surface area contributed by atoms with Gasteiger partial charge in [-0.25, -0.2) is 0 Å². The van der Waals surface area contributed by atoms with Gasteiger partial charge >= 0.3 is 5.97 Å². The normalized spacial score (nSPS) is 22.3. The highest BCUT2D eigenvalue weighted by molar-refractivity contribution is 7.98. The van der Waals surface area contributed by atoms with Gasteiger partial charge in [-0.1, -0.05) is 13.0 Å². The van der Waals surface area contributed by atoms with Crippen molar-refractivity contribution < 1.29 is 9.90 Å². The molecule has 1 aromatic carbocycles. The average molecular weight is 276 g/mol. The van der Waals surface area contributed by atoms with Crippen LogP contribution in [0.2, 0.25) is 0 Å². The number of carbonyl (C=O) groups is 1. The first-order valence-electron chi connectivity index (χ1n) is 6.13. The molecule has 0 radical (unpaired) electrons. The molecule has 0 amide bonds. The smallest absolute Gasteiger partial charge is 0.308 e. The van der Waals surface area contributed by atoms with Crippen molar-refractivity contribution >= 4 is 23.4 Å². The second-order valence-corrected chi connectivity index (χ2v) is 5.64. The third kappa shape index (κ3) is 2.54. The fourth-order valence-corrected chi connectivity index (χ4v) is 3.12. The molecule has 5 heteroatoms. The molecule has 2 rings (SSSR count). The summed E-state index contributed by atoms with van der Waals surface area (Å²) < 4.78 is 0. The molecule has 4 nitrogen and oxygen atoms in total. The van der Waals surface area contributed by atoms with E-state index in [1.807, 2.05) is 36.3 Å². The lowest BCUT2D eigenvalue weighted by Crippen LogP contribution is -2.23. The van der Waals surface area contributed by atoms with Crippen LogP contribution in [0.1, 0.15) is 12.5 Å². The number of thioether (sulfide) groups is 1. The van der Waals surface area contributed by atoms with Crippen molar-refractivity contribution in [2.45, 2.75) is 11.8 Å². The number of aliphatic carboxylic acids is 1. The van der Waals surface area contributed by atoms with Gasteiger partial charge in [0.15, 0.2) is 0 Å². The third-order valence-electron chi connectivity index (χ3n) is 3.61. The molecule has 1 saturated heterocycles. The molecular weight excluding hydrogens is 260 g/mol. The Kier molecular flexibility index (Phi) is 4.01. The van der Waals surface area contributed by atoms with Gasteiger partial charge in [0, 0.05) is 18.0 Å². The van der Waals surface area contributed by atoms with Crippen LogP contribution >= 0.6 is 11.8 Å². The average Bonchev–Trinajstić information content (AvgIpc) is 2.79. The number of nitrogens with zero attached hydrogens (tertiary/aromatic N) is 2. The minimum atomic E-state index is -0.755. The standard InChI is InChI=1S/C14H16N2O2S/c1-9-7-16(8-11(9)14(17)18)12-4-3-5-13(19-2)10(12)6-15/h3-5,9,11H,7-8H2,1-2H3,(H,17,18). The monoisotopic (exact) mass is 276 g/mol. The second kappa shape index (κ2) is 5.54. The summed E-state index contributed by atoms with van der Waals surface area (Å²) in [5.74, 6) is -1.01. The highest BCUT2D eigenvalue weighted by Gasteiger charge is 2.35. The minimum absolute atomic E-state index is 0.0991. The van der Waals surface area contributed by atoms with E-state index >= 15 is 0 Å². The zero-order valence-corrected chi connectivity index (χ0v) is 11.8. The minimum Gasteiger partial charge on any atom is -0.481 e. The van der Waals surface area contributed by atoms with Crippen LogP contribution in [0.15, 0.2) is 23.1 Å². The first kappa shape index (κ1) is 13.8. The molecule has 1 aliphatic rings. The molecule has 1 heterocycles. The zero-order valence-electron chi connectivity index (χ0n) is 11.0. The van der Waals surface area contributed by atoms with Gasteiger partial charge in [-0.15, -0.1) is 11.8 Å². The summed E-state index contributed by atoms with van der Waals surface area (Å²) in [6.45, 7) is 3.11. The van der Waals surface area contributed by atoms with Gasteiger partial charge in [0.05, 0.1) is 17.2 Å². The van der Waals surface area contributed by atoms with Gasteiger partial charge in [0.25, 0.3) is 0 Å². The lowest BCUT2D eigenvalue weighted by Gasteiger charge is -2.20. The van der Waals surface area contributed by atoms with Crippen molar-refractivity contribution in [1.82, 2.24) is 0 Å². The molecule has 2 unspecified atom stereocenters. The van der Waals surface area contributed by atoms with Crippen molar-refractivity contribution in [1.29, 1.82) is 5.26 Å². The third-order valence-corrected chi connectivity index (χ3v) is 4.39. The van der Waals surface area contributed by atoms with E-state index in [0.717, 1.165) is 10.6 Å². The van der Waals surface area contributed by atoms with Crippen molar-refractivity contribution in [3.05, 3.63) is 23.8 Å². The van der Waals surface area contributed by atoms with Crippen molar-refractivity contribution in [2.75, 3.05) is 24.2 Å². The summed E-state index contributed by atoms with van der Waals surface area (Å²) in [4.78, 5) is 14.1. The maximum absolute atomic E-state index is 11.2. The Labute approximate surface area is 117 Å². The van der Waals surface area contributed by atoms with Crippen LogP contribution in [0.5, 0.6) is 0 Å². The Hall–Kier alpha value is -1.67. The lowest BCUT2D eigenvalue weighted by atomic mass is 9.99. The number of hydrogen-bond donors (Lipinski definition) is 1. The van der Waals surface area contributed by atoms with Gasteiger partial charge < -0.3 is 10.0 Å². The Morgan fingerprint density at radius 3 is 2.79 bits per heavy atom. The fraction of sp³-hybridized carbons (Fsp3) is 0.429. The van der Waals surface area contributed by atoms with Crippen LogP contribution in [-0.2, 0) is 4.79 Å². The molecule has 0 saturated carbocycles. The summed E-state index contributed by atoms with van der Waals surface area (Å²) in [7, 11) is 0. The predicted octanol–water partition coefficient (Wildman–Crippen LogP) is 2.44. The number of carboxylic acid groups (broad SMARTS) is 1. The maximum atomic E-state index is 11.2. The van der Waals surface area contributed by atoms with E-state index in [-0.39, 0.29) is 11.8 Å². The number of nitriles is 1. The first-order chi connectivity index (χ1) is 9.08. The van der Waals surface area contributed by atoms with Gasteiger partial charge in [0.1, 0.15) is 6.07 Å². The molecule has 0 spiro atoms. The Morgan fingerprint density at radius 1 is 1.53 bits per heavy atom. The van der Waals surface area contributed by atoms with Crippen molar-refractivity contribution in [3.63, 3.8) is 0 Å². The molecule has 1 N–H and O–H groups in total. The van der Waals surface area contributed by atoms with E-state index in [4.69, 9.17) is 0 Å². The zero-order chi connectivity index (χ0) is 14.0. The molecule has 1 aliphatic heterocycles. The molecule has 0 aliphatic carbocycles. The molecule has 100 valence electrons. The Bertz CT molecular complexity index is 539. The van der Waals surface area contributed by atoms with Crippen molar-refractivity contribution in [3.8, 4) is 6.07 Å². The van der Waals surface area contributed by atoms with E-state index in [9.17, 15) is 15.2 Å². The quantitative estimate of drug-likeness (QED) is 0.859.